The normalized spacial score (nSPS) is 14.0. The highest BCUT2D eigenvalue weighted by molar-refractivity contribution is 6.00. The van der Waals surface area contributed by atoms with E-state index in [4.69, 9.17) is 4.74 Å². The molecule has 0 aliphatic carbocycles. The van der Waals surface area contributed by atoms with E-state index >= 15 is 0 Å². The molecule has 340 valence electrons. The van der Waals surface area contributed by atoms with E-state index in [1.54, 1.807) is 24.1 Å². The van der Waals surface area contributed by atoms with Crippen molar-refractivity contribution in [3.63, 3.8) is 0 Å². The van der Waals surface area contributed by atoms with E-state index in [1.807, 2.05) is 79.7 Å². The van der Waals surface area contributed by atoms with Gasteiger partial charge in [0, 0.05) is 67.8 Å². The molecule has 65 heavy (non-hydrogen) atoms. The summed E-state index contributed by atoms with van der Waals surface area (Å²) in [5, 5.41) is 24.8. The Morgan fingerprint density at radius 2 is 1.57 bits per heavy atom. The van der Waals surface area contributed by atoms with Gasteiger partial charge in [0.25, 0.3) is 0 Å². The van der Waals surface area contributed by atoms with E-state index in [-0.39, 0.29) is 36.5 Å². The number of aromatic nitrogens is 1. The number of phenols is 1. The third-order valence-corrected chi connectivity index (χ3v) is 12.4. The number of nitrogens with one attached hydrogen (secondary N) is 2. The molecule has 1 aliphatic heterocycles. The fourth-order valence-corrected chi connectivity index (χ4v) is 8.60. The Morgan fingerprint density at radius 1 is 0.862 bits per heavy atom. The molecule has 0 spiro atoms. The number of H-pyrrole nitrogens is 1. The number of fused-ring (bicyclic) bond motifs is 1. The number of ether oxygens (including phenoxy) is 1. The number of para-hydroxylation sites is 1. The van der Waals surface area contributed by atoms with E-state index in [2.05, 4.69) is 46.4 Å². The predicted octanol–water partition coefficient (Wildman–Crippen LogP) is 10.4. The second-order valence-electron chi connectivity index (χ2n) is 17.1. The van der Waals surface area contributed by atoms with Crippen LogP contribution in [0, 0.1) is 12.8 Å². The molecule has 5 aromatic carbocycles. The van der Waals surface area contributed by atoms with Gasteiger partial charge in [0.2, 0.25) is 11.5 Å². The summed E-state index contributed by atoms with van der Waals surface area (Å²) in [4.78, 5) is 58.0. The standard InChI is InChI=1S/C53H58N4O7.CH4/c1-35(13-23-48(59)43-21-25-49(60)52-44(43)22-26-50(61)55-52)33-38-17-15-37(16-18-38)19-24-47(58)40-20-14-36(2)46(34-40)56(3)51(62)29-32-57-30-27-41(28-31-57)64-53(63)54-45-12-8-7-11-42(45)39-9-5-4-6-10-39;/h4-12,14-18,20-22,25-26,34-35,41,48,59-60H,13,19,23-24,27-33H2,1-3H3,(H,54,63)(H,55,61);1H4/t35?,48-;/m0./s1. The number of hydrogen-bond donors (Lipinski definition) is 4. The van der Waals surface area contributed by atoms with Crippen molar-refractivity contribution in [2.45, 2.75) is 84.8 Å². The van der Waals surface area contributed by atoms with E-state index in [9.17, 15) is 29.4 Å². The number of rotatable bonds is 17. The van der Waals surface area contributed by atoms with Crippen molar-refractivity contribution in [3.05, 3.63) is 159 Å². The van der Waals surface area contributed by atoms with Crippen molar-refractivity contribution < 1.29 is 29.3 Å². The molecule has 7 rings (SSSR count). The number of hydrogen-bond acceptors (Lipinski definition) is 8. The number of phenolic OH excluding ortho intramolecular Hbond substituents is 1. The maximum Gasteiger partial charge on any atom is 0.411 e. The van der Waals surface area contributed by atoms with Crippen molar-refractivity contribution in [3.8, 4) is 16.9 Å². The zero-order chi connectivity index (χ0) is 45.2. The Bertz CT molecular complexity index is 2620. The Morgan fingerprint density at radius 3 is 2.32 bits per heavy atom. The molecule has 1 aliphatic rings. The average molecular weight is 879 g/mol. The lowest BCUT2D eigenvalue weighted by atomic mass is 9.92. The summed E-state index contributed by atoms with van der Waals surface area (Å²) in [6, 6.07) is 37.7. The van der Waals surface area contributed by atoms with E-state index in [0.717, 1.165) is 53.9 Å². The van der Waals surface area contributed by atoms with Crippen LogP contribution in [0.15, 0.2) is 126 Å². The number of likely N-dealkylation sites (tertiary alicyclic amines) is 1. The van der Waals surface area contributed by atoms with Gasteiger partial charge in [0.1, 0.15) is 11.9 Å². The van der Waals surface area contributed by atoms with Crippen LogP contribution < -0.4 is 15.8 Å². The number of benzene rings is 5. The van der Waals surface area contributed by atoms with Crippen LogP contribution in [0.2, 0.25) is 0 Å². The number of aromatic amines is 1. The summed E-state index contributed by atoms with van der Waals surface area (Å²) >= 11 is 0. The minimum absolute atomic E-state index is 0. The molecule has 1 aromatic heterocycles. The molecule has 11 nitrogen and oxygen atoms in total. The Hall–Kier alpha value is -6.56. The third kappa shape index (κ3) is 12.6. The van der Waals surface area contributed by atoms with Gasteiger partial charge in [-0.15, -0.1) is 0 Å². The highest BCUT2D eigenvalue weighted by Gasteiger charge is 2.24. The molecule has 1 saturated heterocycles. The number of Topliss-reactive ketones (excluding diaryl/α,β-unsaturated/α-hetero) is 1. The lowest BCUT2D eigenvalue weighted by molar-refractivity contribution is -0.118. The van der Waals surface area contributed by atoms with Gasteiger partial charge in [0.05, 0.1) is 17.3 Å². The summed E-state index contributed by atoms with van der Waals surface area (Å²) < 4.78 is 5.80. The summed E-state index contributed by atoms with van der Waals surface area (Å²) in [6.07, 6.45) is 3.39. The first-order valence-corrected chi connectivity index (χ1v) is 22.3. The monoisotopic (exact) mass is 878 g/mol. The lowest BCUT2D eigenvalue weighted by Crippen LogP contribution is -2.40. The Kier molecular flexibility index (Phi) is 16.5. The quantitative estimate of drug-likeness (QED) is 0.0661. The highest BCUT2D eigenvalue weighted by Crippen LogP contribution is 2.32. The number of carbonyl (C=O) groups excluding carboxylic acids is 3. The first kappa shape index (κ1) is 47.9. The smallest absolute Gasteiger partial charge is 0.411 e. The zero-order valence-electron chi connectivity index (χ0n) is 36.9. The number of aliphatic hydroxyl groups excluding tert-OH is 1. The molecule has 6 aromatic rings. The number of nitrogens with zero attached hydrogens (tertiary/aromatic N) is 2. The van der Waals surface area contributed by atoms with E-state index in [0.29, 0.717) is 78.7 Å². The number of pyridine rings is 1. The van der Waals surface area contributed by atoms with Crippen LogP contribution in [0.1, 0.15) is 91.6 Å². The van der Waals surface area contributed by atoms with Crippen molar-refractivity contribution in [1.29, 1.82) is 0 Å². The van der Waals surface area contributed by atoms with Crippen LogP contribution >= 0.6 is 0 Å². The fourth-order valence-electron chi connectivity index (χ4n) is 8.60. The molecule has 11 heteroatoms. The van der Waals surface area contributed by atoms with Crippen molar-refractivity contribution in [1.82, 2.24) is 9.88 Å². The number of ketones is 1. The molecule has 2 amide bonds. The van der Waals surface area contributed by atoms with Crippen LogP contribution in [-0.4, -0.2) is 70.7 Å². The molecule has 4 N–H and O–H groups in total. The number of aromatic hydroxyl groups is 1. The number of piperidine rings is 1. The van der Waals surface area contributed by atoms with Crippen LogP contribution in [0.3, 0.4) is 0 Å². The number of aryl methyl sites for hydroxylation is 2. The number of carbonyl (C=O) groups is 3. The van der Waals surface area contributed by atoms with Gasteiger partial charge in [-0.3, -0.25) is 19.7 Å². The van der Waals surface area contributed by atoms with Crippen LogP contribution in [0.5, 0.6) is 5.75 Å². The number of aliphatic hydroxyl groups is 1. The van der Waals surface area contributed by atoms with Gasteiger partial charge < -0.3 is 29.7 Å². The van der Waals surface area contributed by atoms with E-state index in [1.165, 1.54) is 17.7 Å². The molecule has 0 saturated carbocycles. The molecule has 0 radical (unpaired) electrons. The zero-order valence-corrected chi connectivity index (χ0v) is 36.9. The SMILES string of the molecule is C.Cc1ccc(C(=O)CCc2ccc(CC(C)CC[C@H](O)c3ccc(O)c4[nH]c(=O)ccc34)cc2)cc1N(C)C(=O)CCN1CCC(OC(=O)Nc2ccccc2-c2ccccc2)CC1. The van der Waals surface area contributed by atoms with Gasteiger partial charge in [0.15, 0.2) is 5.78 Å². The molecule has 1 fully saturated rings. The topological polar surface area (TPSA) is 152 Å². The van der Waals surface area contributed by atoms with Crippen LogP contribution in [-0.2, 0) is 22.4 Å². The van der Waals surface area contributed by atoms with Gasteiger partial charge in [-0.25, -0.2) is 4.79 Å². The Labute approximate surface area is 382 Å². The molecular weight excluding hydrogens is 817 g/mol. The van der Waals surface area contributed by atoms with Gasteiger partial charge in [-0.2, -0.15) is 0 Å². The second kappa shape index (κ2) is 22.4. The largest absolute Gasteiger partial charge is 0.506 e. The lowest BCUT2D eigenvalue weighted by Gasteiger charge is -2.32. The van der Waals surface area contributed by atoms with Gasteiger partial charge in [-0.1, -0.05) is 105 Å². The average Bonchev–Trinajstić information content (AvgIpc) is 3.30. The molecule has 1 unspecified atom stereocenters. The molecule has 0 bridgehead atoms. The highest BCUT2D eigenvalue weighted by atomic mass is 16.6. The third-order valence-electron chi connectivity index (χ3n) is 12.4. The van der Waals surface area contributed by atoms with Crippen LogP contribution in [0.4, 0.5) is 16.2 Å². The van der Waals surface area contributed by atoms with Gasteiger partial charge >= 0.3 is 6.09 Å². The summed E-state index contributed by atoms with van der Waals surface area (Å²) in [5.41, 5.74) is 7.81. The maximum absolute atomic E-state index is 13.4. The maximum atomic E-state index is 13.4. The molecular formula is C54H62N4O7. The molecule has 2 atom stereocenters. The number of anilines is 2. The van der Waals surface area contributed by atoms with Crippen molar-refractivity contribution in [2.24, 2.45) is 5.92 Å². The van der Waals surface area contributed by atoms with Crippen LogP contribution in [0.25, 0.3) is 22.0 Å². The van der Waals surface area contributed by atoms with E-state index < -0.39 is 12.2 Å². The predicted molar refractivity (Wildman–Crippen MR) is 260 cm³/mol. The summed E-state index contributed by atoms with van der Waals surface area (Å²) in [5.74, 6) is 0.268. The second-order valence-corrected chi connectivity index (χ2v) is 17.1. The number of amides is 2. The van der Waals surface area contributed by atoms with Gasteiger partial charge in [-0.05, 0) is 103 Å². The Balaban J connectivity index is 0.00000700. The summed E-state index contributed by atoms with van der Waals surface area (Å²) in [6.45, 7) is 6.14. The first-order chi connectivity index (χ1) is 30.9. The minimum Gasteiger partial charge on any atom is -0.506 e. The molecule has 2 heterocycles. The minimum atomic E-state index is -0.734. The summed E-state index contributed by atoms with van der Waals surface area (Å²) in [7, 11) is 1.76. The van der Waals surface area contributed by atoms with Crippen molar-refractivity contribution in [2.75, 3.05) is 36.9 Å². The van der Waals surface area contributed by atoms with Crippen molar-refractivity contribution >= 4 is 40.1 Å². The fraction of sp³-hybridized carbons (Fsp3) is 0.333. The first-order valence-electron chi connectivity index (χ1n) is 22.3.